The molecular formula is C15H19NO2. The van der Waals surface area contributed by atoms with Crippen LogP contribution in [0.25, 0.3) is 6.08 Å². The summed E-state index contributed by atoms with van der Waals surface area (Å²) in [7, 11) is 1.38. The molecule has 0 aliphatic carbocycles. The van der Waals surface area contributed by atoms with E-state index in [-0.39, 0.29) is 5.97 Å². The zero-order valence-corrected chi connectivity index (χ0v) is 10.8. The van der Waals surface area contributed by atoms with Gasteiger partial charge in [-0.05, 0) is 43.0 Å². The predicted octanol–water partition coefficient (Wildman–Crippen LogP) is 2.86. The number of piperidine rings is 1. The van der Waals surface area contributed by atoms with Crippen molar-refractivity contribution in [1.82, 2.24) is 0 Å². The van der Waals surface area contributed by atoms with Gasteiger partial charge in [0, 0.05) is 24.9 Å². The summed E-state index contributed by atoms with van der Waals surface area (Å²) in [5.41, 5.74) is 2.28. The second-order valence-electron chi connectivity index (χ2n) is 4.50. The number of benzene rings is 1. The third-order valence-corrected chi connectivity index (χ3v) is 3.23. The van der Waals surface area contributed by atoms with Crippen LogP contribution >= 0.6 is 0 Å². The van der Waals surface area contributed by atoms with Crippen molar-refractivity contribution in [3.05, 3.63) is 35.9 Å². The molecule has 0 atom stereocenters. The molecule has 0 saturated carbocycles. The first-order valence-electron chi connectivity index (χ1n) is 6.40. The Hall–Kier alpha value is -1.77. The number of anilines is 1. The molecule has 0 unspecified atom stereocenters. The Kier molecular flexibility index (Phi) is 4.40. The third kappa shape index (κ3) is 3.36. The Morgan fingerprint density at radius 1 is 1.17 bits per heavy atom. The van der Waals surface area contributed by atoms with Crippen molar-refractivity contribution in [1.29, 1.82) is 0 Å². The SMILES string of the molecule is COC(=O)C=Cc1ccc(N2CCCCC2)cc1. The van der Waals surface area contributed by atoms with E-state index in [1.165, 1.54) is 38.1 Å². The molecular weight excluding hydrogens is 226 g/mol. The van der Waals surface area contributed by atoms with Crippen LogP contribution in [0.15, 0.2) is 30.3 Å². The monoisotopic (exact) mass is 245 g/mol. The molecule has 18 heavy (non-hydrogen) atoms. The minimum Gasteiger partial charge on any atom is -0.466 e. The van der Waals surface area contributed by atoms with E-state index in [0.717, 1.165) is 18.7 Å². The van der Waals surface area contributed by atoms with Crippen molar-refractivity contribution < 1.29 is 9.53 Å². The average molecular weight is 245 g/mol. The third-order valence-electron chi connectivity index (χ3n) is 3.23. The predicted molar refractivity (Wildman–Crippen MR) is 73.6 cm³/mol. The lowest BCUT2D eigenvalue weighted by Crippen LogP contribution is -2.29. The molecule has 1 aromatic rings. The van der Waals surface area contributed by atoms with Crippen LogP contribution in [0.5, 0.6) is 0 Å². The summed E-state index contributed by atoms with van der Waals surface area (Å²) in [6.07, 6.45) is 7.12. The molecule has 2 rings (SSSR count). The number of hydrogen-bond acceptors (Lipinski definition) is 3. The number of carbonyl (C=O) groups excluding carboxylic acids is 1. The molecule has 1 saturated heterocycles. The van der Waals surface area contributed by atoms with Crippen LogP contribution in [-0.2, 0) is 9.53 Å². The Balaban J connectivity index is 2.00. The first-order chi connectivity index (χ1) is 8.79. The van der Waals surface area contributed by atoms with Gasteiger partial charge in [-0.25, -0.2) is 4.79 Å². The fourth-order valence-electron chi connectivity index (χ4n) is 2.18. The van der Waals surface area contributed by atoms with Gasteiger partial charge in [-0.3, -0.25) is 0 Å². The molecule has 3 heteroatoms. The number of esters is 1. The lowest BCUT2D eigenvalue weighted by atomic mass is 10.1. The molecule has 1 fully saturated rings. The minimum atomic E-state index is -0.324. The Bertz CT molecular complexity index is 417. The van der Waals surface area contributed by atoms with Gasteiger partial charge in [-0.2, -0.15) is 0 Å². The van der Waals surface area contributed by atoms with Crippen LogP contribution in [0.1, 0.15) is 24.8 Å². The van der Waals surface area contributed by atoms with Gasteiger partial charge in [0.15, 0.2) is 0 Å². The van der Waals surface area contributed by atoms with E-state index >= 15 is 0 Å². The van der Waals surface area contributed by atoms with Crippen LogP contribution in [-0.4, -0.2) is 26.2 Å². The smallest absolute Gasteiger partial charge is 0.330 e. The van der Waals surface area contributed by atoms with Crippen molar-refractivity contribution >= 4 is 17.7 Å². The molecule has 96 valence electrons. The van der Waals surface area contributed by atoms with Gasteiger partial charge >= 0.3 is 5.97 Å². The highest BCUT2D eigenvalue weighted by Crippen LogP contribution is 2.20. The Morgan fingerprint density at radius 2 is 1.83 bits per heavy atom. The molecule has 1 aromatic carbocycles. The van der Waals surface area contributed by atoms with E-state index in [1.54, 1.807) is 6.08 Å². The van der Waals surface area contributed by atoms with Crippen LogP contribution in [0.3, 0.4) is 0 Å². The summed E-state index contributed by atoms with van der Waals surface area (Å²) in [4.78, 5) is 13.4. The van der Waals surface area contributed by atoms with Crippen molar-refractivity contribution in [2.24, 2.45) is 0 Å². The zero-order valence-electron chi connectivity index (χ0n) is 10.8. The summed E-state index contributed by atoms with van der Waals surface area (Å²) in [6.45, 7) is 2.30. The first kappa shape index (κ1) is 12.7. The number of ether oxygens (including phenoxy) is 1. The minimum absolute atomic E-state index is 0.324. The Labute approximate surface area is 108 Å². The lowest BCUT2D eigenvalue weighted by Gasteiger charge is -2.28. The van der Waals surface area contributed by atoms with Crippen molar-refractivity contribution in [3.8, 4) is 0 Å². The molecule has 0 spiro atoms. The maximum absolute atomic E-state index is 11.0. The normalized spacial score (nSPS) is 15.9. The largest absolute Gasteiger partial charge is 0.466 e. The number of nitrogens with zero attached hydrogens (tertiary/aromatic N) is 1. The number of hydrogen-bond donors (Lipinski definition) is 0. The summed E-state index contributed by atoms with van der Waals surface area (Å²) < 4.78 is 4.56. The average Bonchev–Trinajstić information content (AvgIpc) is 2.46. The Morgan fingerprint density at radius 3 is 2.44 bits per heavy atom. The second-order valence-corrected chi connectivity index (χ2v) is 4.50. The zero-order chi connectivity index (χ0) is 12.8. The van der Waals surface area contributed by atoms with Gasteiger partial charge in [0.1, 0.15) is 0 Å². The van der Waals surface area contributed by atoms with Crippen molar-refractivity contribution in [3.63, 3.8) is 0 Å². The molecule has 0 N–H and O–H groups in total. The van der Waals surface area contributed by atoms with Crippen LogP contribution in [0.4, 0.5) is 5.69 Å². The van der Waals surface area contributed by atoms with Crippen LogP contribution in [0.2, 0.25) is 0 Å². The van der Waals surface area contributed by atoms with Gasteiger partial charge < -0.3 is 9.64 Å². The van der Waals surface area contributed by atoms with E-state index < -0.39 is 0 Å². The van der Waals surface area contributed by atoms with E-state index in [2.05, 4.69) is 21.8 Å². The molecule has 3 nitrogen and oxygen atoms in total. The molecule has 0 aromatic heterocycles. The fourth-order valence-corrected chi connectivity index (χ4v) is 2.18. The molecule has 0 amide bonds. The first-order valence-corrected chi connectivity index (χ1v) is 6.40. The highest BCUT2D eigenvalue weighted by molar-refractivity contribution is 5.86. The van der Waals surface area contributed by atoms with Gasteiger partial charge in [-0.1, -0.05) is 12.1 Å². The number of methoxy groups -OCH3 is 1. The quantitative estimate of drug-likeness (QED) is 0.606. The molecule has 1 heterocycles. The van der Waals surface area contributed by atoms with Crippen LogP contribution < -0.4 is 4.90 Å². The number of rotatable bonds is 3. The van der Waals surface area contributed by atoms with Gasteiger partial charge in [0.2, 0.25) is 0 Å². The van der Waals surface area contributed by atoms with E-state index in [4.69, 9.17) is 0 Å². The van der Waals surface area contributed by atoms with Gasteiger partial charge in [0.25, 0.3) is 0 Å². The summed E-state index contributed by atoms with van der Waals surface area (Å²) in [5, 5.41) is 0. The highest BCUT2D eigenvalue weighted by Gasteiger charge is 2.09. The molecule has 1 aliphatic heterocycles. The van der Waals surface area contributed by atoms with Gasteiger partial charge in [-0.15, -0.1) is 0 Å². The van der Waals surface area contributed by atoms with E-state index in [1.807, 2.05) is 12.1 Å². The molecule has 0 bridgehead atoms. The number of carbonyl (C=O) groups is 1. The highest BCUT2D eigenvalue weighted by atomic mass is 16.5. The summed E-state index contributed by atoms with van der Waals surface area (Å²) in [6, 6.07) is 8.29. The maximum atomic E-state index is 11.0. The lowest BCUT2D eigenvalue weighted by molar-refractivity contribution is -0.134. The molecule has 0 radical (unpaired) electrons. The fraction of sp³-hybridized carbons (Fsp3) is 0.400. The van der Waals surface area contributed by atoms with Crippen molar-refractivity contribution in [2.75, 3.05) is 25.1 Å². The van der Waals surface area contributed by atoms with E-state index in [9.17, 15) is 4.79 Å². The summed E-state index contributed by atoms with van der Waals surface area (Å²) in [5.74, 6) is -0.324. The maximum Gasteiger partial charge on any atom is 0.330 e. The van der Waals surface area contributed by atoms with Crippen LogP contribution in [0, 0.1) is 0 Å². The van der Waals surface area contributed by atoms with Crippen molar-refractivity contribution in [2.45, 2.75) is 19.3 Å². The topological polar surface area (TPSA) is 29.5 Å². The van der Waals surface area contributed by atoms with E-state index in [0.29, 0.717) is 0 Å². The molecule has 1 aliphatic rings. The second kappa shape index (κ2) is 6.24. The van der Waals surface area contributed by atoms with Gasteiger partial charge in [0.05, 0.1) is 7.11 Å². The summed E-state index contributed by atoms with van der Waals surface area (Å²) >= 11 is 0. The standard InChI is InChI=1S/C15H19NO2/c1-18-15(17)10-7-13-5-8-14(9-6-13)16-11-3-2-4-12-16/h5-10H,2-4,11-12H2,1H3.